The average molecular weight is 209 g/mol. The minimum Gasteiger partial charge on any atom is -0.489 e. The van der Waals surface area contributed by atoms with Crippen LogP contribution in [0.3, 0.4) is 0 Å². The van der Waals surface area contributed by atoms with Gasteiger partial charge in [0.2, 0.25) is 0 Å². The molecular weight excluding hydrogens is 186 g/mol. The largest absolute Gasteiger partial charge is 0.489 e. The Morgan fingerprint density at radius 2 is 1.80 bits per heavy atom. The fourth-order valence-corrected chi connectivity index (χ4v) is 1.32. The van der Waals surface area contributed by atoms with Gasteiger partial charge in [-0.25, -0.2) is 0 Å². The van der Waals surface area contributed by atoms with Gasteiger partial charge in [-0.2, -0.15) is 0 Å². The SMILES string of the molecule is CC.CC.Cc1cccc2c1OCCN2. The van der Waals surface area contributed by atoms with E-state index in [9.17, 15) is 0 Å². The summed E-state index contributed by atoms with van der Waals surface area (Å²) in [6, 6.07) is 6.14. The lowest BCUT2D eigenvalue weighted by atomic mass is 10.2. The van der Waals surface area contributed by atoms with Gasteiger partial charge in [0, 0.05) is 6.54 Å². The summed E-state index contributed by atoms with van der Waals surface area (Å²) in [4.78, 5) is 0. The first-order valence-electron chi connectivity index (χ1n) is 5.84. The Labute approximate surface area is 93.7 Å². The Morgan fingerprint density at radius 1 is 1.13 bits per heavy atom. The predicted octanol–water partition coefficient (Wildman–Crippen LogP) is 3.85. The molecule has 1 N–H and O–H groups in total. The van der Waals surface area contributed by atoms with Crippen LogP contribution >= 0.6 is 0 Å². The van der Waals surface area contributed by atoms with Crippen molar-refractivity contribution in [1.82, 2.24) is 0 Å². The molecule has 1 aromatic carbocycles. The van der Waals surface area contributed by atoms with Gasteiger partial charge in [-0.05, 0) is 18.6 Å². The molecule has 0 saturated heterocycles. The fourth-order valence-electron chi connectivity index (χ4n) is 1.32. The van der Waals surface area contributed by atoms with Gasteiger partial charge in [0.1, 0.15) is 12.4 Å². The van der Waals surface area contributed by atoms with E-state index < -0.39 is 0 Å². The molecule has 0 saturated carbocycles. The summed E-state index contributed by atoms with van der Waals surface area (Å²) in [6.45, 7) is 11.8. The molecule has 2 rings (SSSR count). The summed E-state index contributed by atoms with van der Waals surface area (Å²) < 4.78 is 5.49. The molecule has 2 nitrogen and oxygen atoms in total. The summed E-state index contributed by atoms with van der Waals surface area (Å²) in [6.07, 6.45) is 0. The van der Waals surface area contributed by atoms with Gasteiger partial charge < -0.3 is 10.1 Å². The fraction of sp³-hybridized carbons (Fsp3) is 0.538. The molecule has 2 heteroatoms. The Morgan fingerprint density at radius 3 is 2.40 bits per heavy atom. The van der Waals surface area contributed by atoms with Crippen LogP contribution in [0.15, 0.2) is 18.2 Å². The molecule has 0 aromatic heterocycles. The van der Waals surface area contributed by atoms with Crippen molar-refractivity contribution in [2.45, 2.75) is 34.6 Å². The normalized spacial score (nSPS) is 11.5. The summed E-state index contributed by atoms with van der Waals surface area (Å²) in [5.41, 5.74) is 2.32. The quantitative estimate of drug-likeness (QED) is 0.700. The van der Waals surface area contributed by atoms with E-state index in [4.69, 9.17) is 4.74 Å². The van der Waals surface area contributed by atoms with Crippen LogP contribution in [-0.2, 0) is 0 Å². The number of nitrogens with one attached hydrogen (secondary N) is 1. The number of rotatable bonds is 0. The summed E-state index contributed by atoms with van der Waals surface area (Å²) in [7, 11) is 0. The molecule has 0 aliphatic carbocycles. The number of ether oxygens (including phenoxy) is 1. The molecule has 1 aliphatic heterocycles. The van der Waals surface area contributed by atoms with Gasteiger partial charge in [-0.15, -0.1) is 0 Å². The number of hydrogen-bond acceptors (Lipinski definition) is 2. The first kappa shape index (κ1) is 13.8. The first-order chi connectivity index (χ1) is 7.38. The van der Waals surface area contributed by atoms with Gasteiger partial charge in [-0.3, -0.25) is 0 Å². The second-order valence-corrected chi connectivity index (χ2v) is 2.73. The molecule has 0 atom stereocenters. The lowest BCUT2D eigenvalue weighted by Crippen LogP contribution is -2.18. The van der Waals surface area contributed by atoms with Gasteiger partial charge >= 0.3 is 0 Å². The average Bonchev–Trinajstić information content (AvgIpc) is 2.35. The highest BCUT2D eigenvalue weighted by atomic mass is 16.5. The van der Waals surface area contributed by atoms with Crippen LogP contribution in [-0.4, -0.2) is 13.2 Å². The van der Waals surface area contributed by atoms with E-state index in [1.165, 1.54) is 5.56 Å². The van der Waals surface area contributed by atoms with Crippen molar-refractivity contribution in [2.24, 2.45) is 0 Å². The topological polar surface area (TPSA) is 21.3 Å². The highest BCUT2D eigenvalue weighted by Crippen LogP contribution is 2.29. The molecule has 1 aliphatic rings. The van der Waals surface area contributed by atoms with Crippen LogP contribution in [0.5, 0.6) is 5.75 Å². The zero-order chi connectivity index (χ0) is 11.7. The predicted molar refractivity (Wildman–Crippen MR) is 67.9 cm³/mol. The monoisotopic (exact) mass is 209 g/mol. The van der Waals surface area contributed by atoms with Crippen molar-refractivity contribution >= 4 is 5.69 Å². The number of benzene rings is 1. The van der Waals surface area contributed by atoms with Crippen molar-refractivity contribution in [3.8, 4) is 5.75 Å². The lowest BCUT2D eigenvalue weighted by molar-refractivity contribution is 0.321. The molecule has 0 unspecified atom stereocenters. The Kier molecular flexibility index (Phi) is 7.51. The zero-order valence-electron chi connectivity index (χ0n) is 10.6. The molecule has 86 valence electrons. The van der Waals surface area contributed by atoms with Crippen molar-refractivity contribution in [3.05, 3.63) is 23.8 Å². The molecule has 0 radical (unpaired) electrons. The Balaban J connectivity index is 0.000000442. The molecule has 1 heterocycles. The second-order valence-electron chi connectivity index (χ2n) is 2.73. The van der Waals surface area contributed by atoms with Crippen molar-refractivity contribution in [2.75, 3.05) is 18.5 Å². The zero-order valence-corrected chi connectivity index (χ0v) is 10.6. The van der Waals surface area contributed by atoms with Crippen LogP contribution in [0.4, 0.5) is 5.69 Å². The lowest BCUT2D eigenvalue weighted by Gasteiger charge is -2.20. The molecule has 0 bridgehead atoms. The Bertz CT molecular complexity index is 271. The van der Waals surface area contributed by atoms with Gasteiger partial charge in [-0.1, -0.05) is 39.8 Å². The summed E-state index contributed by atoms with van der Waals surface area (Å²) in [5, 5.41) is 3.28. The van der Waals surface area contributed by atoms with Gasteiger partial charge in [0.15, 0.2) is 0 Å². The maximum atomic E-state index is 5.49. The van der Waals surface area contributed by atoms with E-state index in [0.717, 1.165) is 24.6 Å². The molecule has 0 amide bonds. The van der Waals surface area contributed by atoms with Crippen molar-refractivity contribution in [1.29, 1.82) is 0 Å². The molecular formula is C13H23NO. The third kappa shape index (κ3) is 3.82. The highest BCUT2D eigenvalue weighted by Gasteiger charge is 2.09. The van der Waals surface area contributed by atoms with Crippen LogP contribution in [0.1, 0.15) is 33.3 Å². The number of para-hydroxylation sites is 1. The van der Waals surface area contributed by atoms with E-state index in [-0.39, 0.29) is 0 Å². The molecule has 1 aromatic rings. The molecule has 0 spiro atoms. The minimum absolute atomic E-state index is 0.776. The Hall–Kier alpha value is -1.18. The van der Waals surface area contributed by atoms with E-state index in [0.29, 0.717) is 0 Å². The third-order valence-electron chi connectivity index (χ3n) is 1.88. The standard InChI is InChI=1S/C9H11NO.2C2H6/c1-7-3-2-4-8-9(7)11-6-5-10-8;2*1-2/h2-4,10H,5-6H2,1H3;2*1-2H3. The number of fused-ring (bicyclic) bond motifs is 1. The maximum Gasteiger partial charge on any atom is 0.145 e. The number of hydrogen-bond donors (Lipinski definition) is 1. The third-order valence-corrected chi connectivity index (χ3v) is 1.88. The minimum atomic E-state index is 0.776. The van der Waals surface area contributed by atoms with E-state index >= 15 is 0 Å². The van der Waals surface area contributed by atoms with Crippen LogP contribution in [0.2, 0.25) is 0 Å². The maximum absolute atomic E-state index is 5.49. The van der Waals surface area contributed by atoms with E-state index in [1.807, 2.05) is 39.8 Å². The number of anilines is 1. The van der Waals surface area contributed by atoms with E-state index in [1.54, 1.807) is 0 Å². The smallest absolute Gasteiger partial charge is 0.145 e. The molecule has 15 heavy (non-hydrogen) atoms. The van der Waals surface area contributed by atoms with Crippen LogP contribution < -0.4 is 10.1 Å². The van der Waals surface area contributed by atoms with Gasteiger partial charge in [0.05, 0.1) is 5.69 Å². The molecule has 0 fully saturated rings. The summed E-state index contributed by atoms with van der Waals surface area (Å²) >= 11 is 0. The van der Waals surface area contributed by atoms with Crippen molar-refractivity contribution in [3.63, 3.8) is 0 Å². The van der Waals surface area contributed by atoms with Crippen LogP contribution in [0, 0.1) is 6.92 Å². The highest BCUT2D eigenvalue weighted by molar-refractivity contribution is 5.60. The second kappa shape index (κ2) is 8.16. The summed E-state index contributed by atoms with van der Waals surface area (Å²) in [5.74, 6) is 1.01. The van der Waals surface area contributed by atoms with Crippen molar-refractivity contribution < 1.29 is 4.74 Å². The van der Waals surface area contributed by atoms with Crippen LogP contribution in [0.25, 0.3) is 0 Å². The number of aryl methyl sites for hydroxylation is 1. The first-order valence-corrected chi connectivity index (χ1v) is 5.84. The van der Waals surface area contributed by atoms with E-state index in [2.05, 4.69) is 18.3 Å². The van der Waals surface area contributed by atoms with Gasteiger partial charge in [0.25, 0.3) is 0 Å².